The highest BCUT2D eigenvalue weighted by atomic mass is 32.2. The monoisotopic (exact) mass is 355 g/mol. The van der Waals surface area contributed by atoms with Gasteiger partial charge in [0.2, 0.25) is 0 Å². The summed E-state index contributed by atoms with van der Waals surface area (Å²) in [5.41, 5.74) is -0.135. The van der Waals surface area contributed by atoms with E-state index in [-0.39, 0.29) is 0 Å². The van der Waals surface area contributed by atoms with E-state index < -0.39 is 17.7 Å². The van der Waals surface area contributed by atoms with E-state index in [9.17, 15) is 9.59 Å². The smallest absolute Gasteiger partial charge is 0.407 e. The van der Waals surface area contributed by atoms with Crippen molar-refractivity contribution in [2.24, 2.45) is 0 Å². The van der Waals surface area contributed by atoms with E-state index in [1.54, 1.807) is 23.9 Å². The van der Waals surface area contributed by atoms with Crippen molar-refractivity contribution in [3.05, 3.63) is 23.8 Å². The second kappa shape index (κ2) is 9.42. The van der Waals surface area contributed by atoms with Crippen LogP contribution in [0.3, 0.4) is 0 Å². The fraction of sp³-hybridized carbons (Fsp3) is 0.529. The van der Waals surface area contributed by atoms with Crippen LogP contribution in [0.25, 0.3) is 0 Å². The van der Waals surface area contributed by atoms with Crippen molar-refractivity contribution in [2.45, 2.75) is 37.7 Å². The molecular formula is C17H25NO5S. The molecule has 0 aliphatic heterocycles. The molecular weight excluding hydrogens is 330 g/mol. The highest BCUT2D eigenvalue weighted by molar-refractivity contribution is 7.98. The fourth-order valence-corrected chi connectivity index (χ4v) is 2.22. The van der Waals surface area contributed by atoms with Crippen molar-refractivity contribution >= 4 is 23.8 Å². The summed E-state index contributed by atoms with van der Waals surface area (Å²) in [5.74, 6) is 0.0375. The summed E-state index contributed by atoms with van der Waals surface area (Å²) in [7, 11) is 1.33. The molecule has 1 aromatic carbocycles. The van der Waals surface area contributed by atoms with E-state index in [4.69, 9.17) is 14.2 Å². The lowest BCUT2D eigenvalue weighted by atomic mass is 10.2. The molecule has 0 aromatic heterocycles. The Labute approximate surface area is 147 Å². The predicted octanol–water partition coefficient (Wildman–Crippen LogP) is 3.49. The summed E-state index contributed by atoms with van der Waals surface area (Å²) in [6.45, 7) is 6.20. The number of benzene rings is 1. The third-order valence-corrected chi connectivity index (χ3v) is 3.57. The number of methoxy groups -OCH3 is 1. The first-order valence-corrected chi connectivity index (χ1v) is 8.85. The SMILES string of the molecule is COC(=O)c1ccc(SC)cc1OCCCNC(=O)OC(C)(C)C. The van der Waals surface area contributed by atoms with E-state index in [2.05, 4.69) is 5.32 Å². The zero-order valence-electron chi connectivity index (χ0n) is 14.8. The molecule has 0 heterocycles. The first kappa shape index (κ1) is 20.2. The van der Waals surface area contributed by atoms with Crippen LogP contribution in [0.1, 0.15) is 37.6 Å². The molecule has 0 saturated heterocycles. The summed E-state index contributed by atoms with van der Waals surface area (Å²) in [6, 6.07) is 5.33. The number of thioether (sulfide) groups is 1. The maximum absolute atomic E-state index is 11.8. The number of carbonyl (C=O) groups is 2. The van der Waals surface area contributed by atoms with Gasteiger partial charge in [0.15, 0.2) is 0 Å². The molecule has 0 bridgehead atoms. The minimum Gasteiger partial charge on any atom is -0.493 e. The number of rotatable bonds is 7. The van der Waals surface area contributed by atoms with Gasteiger partial charge in [-0.2, -0.15) is 0 Å². The van der Waals surface area contributed by atoms with E-state index >= 15 is 0 Å². The third-order valence-electron chi connectivity index (χ3n) is 2.84. The normalized spacial score (nSPS) is 10.9. The second-order valence-electron chi connectivity index (χ2n) is 5.98. The van der Waals surface area contributed by atoms with E-state index in [1.165, 1.54) is 7.11 Å². The van der Waals surface area contributed by atoms with Crippen LogP contribution in [-0.4, -0.2) is 44.2 Å². The van der Waals surface area contributed by atoms with Crippen LogP contribution in [0.5, 0.6) is 5.75 Å². The number of hydrogen-bond acceptors (Lipinski definition) is 6. The van der Waals surface area contributed by atoms with Gasteiger partial charge in [-0.25, -0.2) is 9.59 Å². The lowest BCUT2D eigenvalue weighted by Crippen LogP contribution is -2.33. The molecule has 0 fully saturated rings. The standard InChI is InChI=1S/C17H25NO5S/c1-17(2,3)23-16(20)18-9-6-10-22-14-11-12(24-5)7-8-13(14)15(19)21-4/h7-8,11H,6,9-10H2,1-5H3,(H,18,20). The average Bonchev–Trinajstić information content (AvgIpc) is 2.51. The maximum Gasteiger partial charge on any atom is 0.407 e. The Kier molecular flexibility index (Phi) is 7.91. The highest BCUT2D eigenvalue weighted by Crippen LogP contribution is 2.26. The Morgan fingerprint density at radius 2 is 1.96 bits per heavy atom. The number of carbonyl (C=O) groups excluding carboxylic acids is 2. The molecule has 1 rings (SSSR count). The number of esters is 1. The minimum absolute atomic E-state index is 0.359. The molecule has 6 nitrogen and oxygen atoms in total. The van der Waals surface area contributed by atoms with Gasteiger partial charge in [-0.15, -0.1) is 11.8 Å². The number of amides is 1. The van der Waals surface area contributed by atoms with Crippen molar-refractivity contribution in [1.29, 1.82) is 0 Å². The van der Waals surface area contributed by atoms with Crippen LogP contribution in [0.15, 0.2) is 23.1 Å². The van der Waals surface area contributed by atoms with Crippen molar-refractivity contribution in [1.82, 2.24) is 5.32 Å². The van der Waals surface area contributed by atoms with E-state index in [1.807, 2.05) is 33.1 Å². The molecule has 24 heavy (non-hydrogen) atoms. The molecule has 0 radical (unpaired) electrons. The topological polar surface area (TPSA) is 73.9 Å². The molecule has 1 amide bonds. The Bertz CT molecular complexity index is 569. The first-order valence-electron chi connectivity index (χ1n) is 7.63. The Hall–Kier alpha value is -1.89. The Morgan fingerprint density at radius 1 is 1.25 bits per heavy atom. The highest BCUT2D eigenvalue weighted by Gasteiger charge is 2.16. The van der Waals surface area contributed by atoms with Crippen molar-refractivity contribution in [2.75, 3.05) is 26.5 Å². The fourth-order valence-electron chi connectivity index (χ4n) is 1.79. The van der Waals surface area contributed by atoms with Gasteiger partial charge in [0.25, 0.3) is 0 Å². The molecule has 7 heteroatoms. The molecule has 1 N–H and O–H groups in total. The summed E-state index contributed by atoms with van der Waals surface area (Å²) in [4.78, 5) is 24.3. The van der Waals surface area contributed by atoms with Gasteiger partial charge in [0.05, 0.1) is 13.7 Å². The van der Waals surface area contributed by atoms with Gasteiger partial charge in [0, 0.05) is 11.4 Å². The molecule has 0 unspecified atom stereocenters. The largest absolute Gasteiger partial charge is 0.493 e. The van der Waals surface area contributed by atoms with Gasteiger partial charge in [-0.3, -0.25) is 0 Å². The molecule has 0 spiro atoms. The lowest BCUT2D eigenvalue weighted by Gasteiger charge is -2.19. The van der Waals surface area contributed by atoms with Crippen molar-refractivity contribution < 1.29 is 23.8 Å². The molecule has 0 aliphatic carbocycles. The predicted molar refractivity (Wildman–Crippen MR) is 93.9 cm³/mol. The Balaban J connectivity index is 2.49. The quantitative estimate of drug-likeness (QED) is 0.458. The molecule has 134 valence electrons. The second-order valence-corrected chi connectivity index (χ2v) is 6.86. The van der Waals surface area contributed by atoms with Gasteiger partial charge in [-0.1, -0.05) is 0 Å². The zero-order valence-corrected chi connectivity index (χ0v) is 15.6. The summed E-state index contributed by atoms with van der Waals surface area (Å²) in [6.07, 6.45) is 2.08. The average molecular weight is 355 g/mol. The van der Waals surface area contributed by atoms with Crippen LogP contribution in [0.4, 0.5) is 4.79 Å². The molecule has 0 saturated carbocycles. The number of nitrogens with one attached hydrogen (secondary N) is 1. The number of hydrogen-bond donors (Lipinski definition) is 1. The molecule has 1 aromatic rings. The van der Waals surface area contributed by atoms with Crippen LogP contribution in [0.2, 0.25) is 0 Å². The van der Waals surface area contributed by atoms with Gasteiger partial charge >= 0.3 is 12.1 Å². The van der Waals surface area contributed by atoms with Crippen molar-refractivity contribution in [3.8, 4) is 5.75 Å². The third kappa shape index (κ3) is 7.12. The Morgan fingerprint density at radius 3 is 2.54 bits per heavy atom. The molecule has 0 atom stereocenters. The van der Waals surface area contributed by atoms with E-state index in [0.717, 1.165) is 4.90 Å². The summed E-state index contributed by atoms with van der Waals surface area (Å²) >= 11 is 1.56. The van der Waals surface area contributed by atoms with Gasteiger partial charge < -0.3 is 19.5 Å². The van der Waals surface area contributed by atoms with Crippen molar-refractivity contribution in [3.63, 3.8) is 0 Å². The lowest BCUT2D eigenvalue weighted by molar-refractivity contribution is 0.0525. The van der Waals surface area contributed by atoms with Crippen LogP contribution < -0.4 is 10.1 Å². The summed E-state index contributed by atoms with van der Waals surface area (Å²) < 4.78 is 15.6. The zero-order chi connectivity index (χ0) is 18.2. The minimum atomic E-state index is -0.520. The van der Waals surface area contributed by atoms with E-state index in [0.29, 0.717) is 30.9 Å². The number of alkyl carbamates (subject to hydrolysis) is 1. The van der Waals surface area contributed by atoms with Crippen LogP contribution >= 0.6 is 11.8 Å². The number of ether oxygens (including phenoxy) is 3. The molecule has 0 aliphatic rings. The first-order chi connectivity index (χ1) is 11.3. The maximum atomic E-state index is 11.8. The van der Waals surface area contributed by atoms with Crippen LogP contribution in [-0.2, 0) is 9.47 Å². The van der Waals surface area contributed by atoms with Gasteiger partial charge in [-0.05, 0) is 51.6 Å². The summed E-state index contributed by atoms with van der Waals surface area (Å²) in [5, 5.41) is 2.66. The van der Waals surface area contributed by atoms with Gasteiger partial charge in [0.1, 0.15) is 16.9 Å². The van der Waals surface area contributed by atoms with Crippen LogP contribution in [0, 0.1) is 0 Å².